The van der Waals surface area contributed by atoms with Gasteiger partial charge in [-0.05, 0) is 43.0 Å². The van der Waals surface area contributed by atoms with Crippen LogP contribution in [0.15, 0.2) is 66.9 Å². The Hall–Kier alpha value is -3.61. The third-order valence-electron chi connectivity index (χ3n) is 5.64. The highest BCUT2D eigenvalue weighted by atomic mass is 16.5. The van der Waals surface area contributed by atoms with Gasteiger partial charge in [0.2, 0.25) is 11.9 Å². The van der Waals surface area contributed by atoms with Gasteiger partial charge in [-0.25, -0.2) is 4.98 Å². The molecule has 1 aromatic heterocycles. The number of anilines is 3. The monoisotopic (exact) mass is 431 g/mol. The molecule has 1 amide bonds. The molecule has 7 nitrogen and oxygen atoms in total. The first-order valence-corrected chi connectivity index (χ1v) is 11.0. The van der Waals surface area contributed by atoms with Gasteiger partial charge >= 0.3 is 0 Å². The van der Waals surface area contributed by atoms with Crippen LogP contribution in [-0.2, 0) is 11.2 Å². The van der Waals surface area contributed by atoms with Crippen molar-refractivity contribution in [2.45, 2.75) is 19.3 Å². The number of hydrogen-bond acceptors (Lipinski definition) is 6. The summed E-state index contributed by atoms with van der Waals surface area (Å²) in [6, 6.07) is 19.7. The van der Waals surface area contributed by atoms with Crippen LogP contribution >= 0.6 is 0 Å². The predicted octanol–water partition coefficient (Wildman–Crippen LogP) is 3.80. The van der Waals surface area contributed by atoms with Crippen LogP contribution in [0.2, 0.25) is 0 Å². The van der Waals surface area contributed by atoms with E-state index in [1.54, 1.807) is 13.3 Å². The molecule has 7 heteroatoms. The Morgan fingerprint density at radius 2 is 1.94 bits per heavy atom. The van der Waals surface area contributed by atoms with Crippen LogP contribution in [0.25, 0.3) is 0 Å². The molecular formula is C25H29N5O2. The number of benzene rings is 2. The van der Waals surface area contributed by atoms with E-state index < -0.39 is 0 Å². The lowest BCUT2D eigenvalue weighted by molar-refractivity contribution is -0.125. The summed E-state index contributed by atoms with van der Waals surface area (Å²) >= 11 is 0. The molecule has 1 unspecified atom stereocenters. The van der Waals surface area contributed by atoms with Crippen LogP contribution in [0.3, 0.4) is 0 Å². The van der Waals surface area contributed by atoms with Crippen molar-refractivity contribution >= 4 is 23.4 Å². The van der Waals surface area contributed by atoms with Crippen LogP contribution in [0, 0.1) is 5.92 Å². The topological polar surface area (TPSA) is 79.4 Å². The number of rotatable bonds is 8. The summed E-state index contributed by atoms with van der Waals surface area (Å²) in [6.45, 7) is 2.11. The van der Waals surface area contributed by atoms with Crippen LogP contribution < -0.4 is 20.3 Å². The molecule has 2 N–H and O–H groups in total. The summed E-state index contributed by atoms with van der Waals surface area (Å²) < 4.78 is 5.40. The van der Waals surface area contributed by atoms with Crippen molar-refractivity contribution in [2.24, 2.45) is 5.92 Å². The van der Waals surface area contributed by atoms with Gasteiger partial charge in [0.1, 0.15) is 11.6 Å². The van der Waals surface area contributed by atoms with Gasteiger partial charge in [-0.3, -0.25) is 4.79 Å². The Balaban J connectivity index is 1.35. The molecule has 0 radical (unpaired) electrons. The lowest BCUT2D eigenvalue weighted by Crippen LogP contribution is -2.44. The molecule has 0 aliphatic carbocycles. The number of methoxy groups -OCH3 is 1. The van der Waals surface area contributed by atoms with Crippen LogP contribution in [0.4, 0.5) is 17.5 Å². The Bertz CT molecular complexity index is 1030. The Morgan fingerprint density at radius 1 is 1.12 bits per heavy atom. The van der Waals surface area contributed by atoms with Gasteiger partial charge in [0.05, 0.1) is 18.7 Å². The maximum absolute atomic E-state index is 12.7. The quantitative estimate of drug-likeness (QED) is 0.565. The lowest BCUT2D eigenvalue weighted by atomic mass is 9.97. The summed E-state index contributed by atoms with van der Waals surface area (Å²) in [5, 5.41) is 6.40. The zero-order chi connectivity index (χ0) is 22.2. The second kappa shape index (κ2) is 10.6. The number of nitrogens with one attached hydrogen (secondary N) is 2. The summed E-state index contributed by atoms with van der Waals surface area (Å²) in [4.78, 5) is 24.0. The average molecular weight is 432 g/mol. The Morgan fingerprint density at radius 3 is 2.78 bits per heavy atom. The molecule has 1 atom stereocenters. The molecule has 32 heavy (non-hydrogen) atoms. The molecule has 0 spiro atoms. The molecule has 2 aromatic carbocycles. The van der Waals surface area contributed by atoms with Crippen LogP contribution in [0.5, 0.6) is 5.75 Å². The minimum Gasteiger partial charge on any atom is -0.495 e. The molecule has 1 saturated heterocycles. The van der Waals surface area contributed by atoms with Crippen molar-refractivity contribution in [2.75, 3.05) is 37.0 Å². The van der Waals surface area contributed by atoms with Crippen molar-refractivity contribution in [3.8, 4) is 5.75 Å². The van der Waals surface area contributed by atoms with Crippen molar-refractivity contribution in [3.05, 3.63) is 72.4 Å². The van der Waals surface area contributed by atoms with Gasteiger partial charge in [0.15, 0.2) is 0 Å². The molecule has 1 aliphatic rings. The maximum atomic E-state index is 12.7. The van der Waals surface area contributed by atoms with Crippen LogP contribution in [0.1, 0.15) is 18.4 Å². The third kappa shape index (κ3) is 5.55. The minimum atomic E-state index is -0.0612. The standard InChI is InChI=1S/C25H29N5O2/c1-32-22-12-6-5-11-21(22)28-23-14-16-27-25(29-23)30-17-7-10-20(18-30)24(31)26-15-13-19-8-3-2-4-9-19/h2-6,8-9,11-12,14,16,20H,7,10,13,15,17-18H2,1H3,(H,26,31)(H,27,28,29). The van der Waals surface area contributed by atoms with E-state index in [2.05, 4.69) is 37.6 Å². The number of nitrogens with zero attached hydrogens (tertiary/aromatic N) is 3. The zero-order valence-corrected chi connectivity index (χ0v) is 18.3. The molecule has 0 saturated carbocycles. The minimum absolute atomic E-state index is 0.0612. The highest BCUT2D eigenvalue weighted by Crippen LogP contribution is 2.27. The van der Waals surface area contributed by atoms with E-state index in [0.717, 1.165) is 37.2 Å². The molecule has 3 aromatic rings. The fraction of sp³-hybridized carbons (Fsp3) is 0.320. The van der Waals surface area contributed by atoms with Crippen molar-refractivity contribution in [1.29, 1.82) is 0 Å². The lowest BCUT2D eigenvalue weighted by Gasteiger charge is -2.32. The number of ether oxygens (including phenoxy) is 1. The first-order chi connectivity index (χ1) is 15.7. The maximum Gasteiger partial charge on any atom is 0.227 e. The second-order valence-electron chi connectivity index (χ2n) is 7.88. The van der Waals surface area contributed by atoms with E-state index in [4.69, 9.17) is 4.74 Å². The summed E-state index contributed by atoms with van der Waals surface area (Å²) in [7, 11) is 1.64. The number of piperidine rings is 1. The molecule has 1 fully saturated rings. The van der Waals surface area contributed by atoms with Gasteiger partial charge in [-0.2, -0.15) is 4.98 Å². The predicted molar refractivity (Wildman–Crippen MR) is 126 cm³/mol. The normalized spacial score (nSPS) is 15.8. The van der Waals surface area contributed by atoms with E-state index >= 15 is 0 Å². The Labute approximate surface area is 188 Å². The molecule has 0 bridgehead atoms. The fourth-order valence-electron chi connectivity index (χ4n) is 3.95. The fourth-order valence-corrected chi connectivity index (χ4v) is 3.95. The van der Waals surface area contributed by atoms with E-state index in [0.29, 0.717) is 24.9 Å². The average Bonchev–Trinajstić information content (AvgIpc) is 2.85. The molecule has 1 aliphatic heterocycles. The number of carbonyl (C=O) groups is 1. The smallest absolute Gasteiger partial charge is 0.227 e. The largest absolute Gasteiger partial charge is 0.495 e. The first kappa shape index (κ1) is 21.6. The third-order valence-corrected chi connectivity index (χ3v) is 5.64. The van der Waals surface area contributed by atoms with E-state index in [1.165, 1.54) is 5.56 Å². The van der Waals surface area contributed by atoms with Gasteiger partial charge in [-0.15, -0.1) is 0 Å². The van der Waals surface area contributed by atoms with Crippen molar-refractivity contribution in [1.82, 2.24) is 15.3 Å². The summed E-state index contributed by atoms with van der Waals surface area (Å²) in [6.07, 6.45) is 4.39. The SMILES string of the molecule is COc1ccccc1Nc1ccnc(N2CCCC(C(=O)NCCc3ccccc3)C2)n1. The number of hydrogen-bond donors (Lipinski definition) is 2. The first-order valence-electron chi connectivity index (χ1n) is 11.0. The van der Waals surface area contributed by atoms with Crippen LogP contribution in [-0.4, -0.2) is 42.6 Å². The summed E-state index contributed by atoms with van der Waals surface area (Å²) in [5.74, 6) is 2.11. The highest BCUT2D eigenvalue weighted by molar-refractivity contribution is 5.79. The second-order valence-corrected chi connectivity index (χ2v) is 7.88. The van der Waals surface area contributed by atoms with Crippen molar-refractivity contribution < 1.29 is 9.53 Å². The molecule has 2 heterocycles. The van der Waals surface area contributed by atoms with Gasteiger partial charge in [0, 0.05) is 25.8 Å². The molecule has 4 rings (SSSR count). The van der Waals surface area contributed by atoms with E-state index in [-0.39, 0.29) is 11.8 Å². The van der Waals surface area contributed by atoms with Gasteiger partial charge in [0.25, 0.3) is 0 Å². The van der Waals surface area contributed by atoms with E-state index in [1.807, 2.05) is 48.5 Å². The zero-order valence-electron chi connectivity index (χ0n) is 18.3. The number of carbonyl (C=O) groups excluding carboxylic acids is 1. The summed E-state index contributed by atoms with van der Waals surface area (Å²) in [5.41, 5.74) is 2.07. The Kier molecular flexibility index (Phi) is 7.17. The van der Waals surface area contributed by atoms with Crippen molar-refractivity contribution in [3.63, 3.8) is 0 Å². The number of para-hydroxylation sites is 2. The highest BCUT2D eigenvalue weighted by Gasteiger charge is 2.27. The van der Waals surface area contributed by atoms with Gasteiger partial charge < -0.3 is 20.3 Å². The molecular weight excluding hydrogens is 402 g/mol. The van der Waals surface area contributed by atoms with Gasteiger partial charge in [-0.1, -0.05) is 42.5 Å². The van der Waals surface area contributed by atoms with E-state index in [9.17, 15) is 4.79 Å². The molecule has 166 valence electrons. The number of aromatic nitrogens is 2. The number of amides is 1.